The zero-order valence-electron chi connectivity index (χ0n) is 9.18. The van der Waals surface area contributed by atoms with Crippen LogP contribution >= 0.6 is 12.2 Å². The number of alkyl halides is 2. The molecule has 0 aliphatic carbocycles. The summed E-state index contributed by atoms with van der Waals surface area (Å²) in [5.41, 5.74) is 5.29. The number of nitrogens with two attached hydrogens (primary N) is 1. The first-order chi connectivity index (χ1) is 8.29. The van der Waals surface area contributed by atoms with E-state index >= 15 is 0 Å². The van der Waals surface area contributed by atoms with Crippen molar-refractivity contribution in [1.29, 1.82) is 0 Å². The van der Waals surface area contributed by atoms with Crippen molar-refractivity contribution in [2.45, 2.75) is 5.76 Å². The van der Waals surface area contributed by atoms with Gasteiger partial charge < -0.3 is 10.5 Å². The smallest absolute Gasteiger partial charge is 0.355 e. The van der Waals surface area contributed by atoms with Gasteiger partial charge >= 0.3 is 5.76 Å². The van der Waals surface area contributed by atoms with E-state index in [4.69, 9.17) is 22.7 Å². The number of methoxy groups -OCH3 is 1. The minimum atomic E-state index is -4.82. The molecule has 18 heavy (non-hydrogen) atoms. The Morgan fingerprint density at radius 1 is 1.50 bits per heavy atom. The predicted molar refractivity (Wildman–Crippen MR) is 67.4 cm³/mol. The molecule has 0 bridgehead atoms. The standard InChI is InChI=1S/C9H10F2N2O3S2/c1-16-6-4-2-3-5(8(12)17)7(6)13-18(14,15)9(10)11/h2-4,9,13H,1H3,(H2,12,17). The van der Waals surface area contributed by atoms with Crippen LogP contribution in [0.15, 0.2) is 18.2 Å². The third-order valence-corrected chi connectivity index (χ3v) is 3.17. The Bertz CT molecular complexity index is 561. The zero-order valence-corrected chi connectivity index (χ0v) is 10.8. The maximum absolute atomic E-state index is 12.3. The summed E-state index contributed by atoms with van der Waals surface area (Å²) in [4.78, 5) is -0.138. The van der Waals surface area contributed by atoms with Crippen LogP contribution in [0, 0.1) is 0 Å². The van der Waals surface area contributed by atoms with Gasteiger partial charge in [0.25, 0.3) is 10.0 Å². The molecule has 1 aromatic rings. The molecule has 1 rings (SSSR count). The van der Waals surface area contributed by atoms with Crippen molar-refractivity contribution in [2.75, 3.05) is 11.8 Å². The van der Waals surface area contributed by atoms with Gasteiger partial charge in [-0.3, -0.25) is 4.72 Å². The van der Waals surface area contributed by atoms with Crippen LogP contribution in [0.2, 0.25) is 0 Å². The van der Waals surface area contributed by atoms with E-state index in [1.54, 1.807) is 4.72 Å². The molecule has 0 heterocycles. The van der Waals surface area contributed by atoms with Crippen LogP contribution in [-0.2, 0) is 10.0 Å². The molecule has 0 atom stereocenters. The fraction of sp³-hybridized carbons (Fsp3) is 0.222. The van der Waals surface area contributed by atoms with Gasteiger partial charge in [-0.2, -0.15) is 8.78 Å². The number of hydrogen-bond donors (Lipinski definition) is 2. The number of sulfonamides is 1. The van der Waals surface area contributed by atoms with Crippen LogP contribution in [0.25, 0.3) is 0 Å². The summed E-state index contributed by atoms with van der Waals surface area (Å²) in [6.45, 7) is 0. The lowest BCUT2D eigenvalue weighted by atomic mass is 10.1. The molecule has 0 fully saturated rings. The molecule has 0 aliphatic heterocycles. The number of para-hydroxylation sites is 1. The number of benzene rings is 1. The van der Waals surface area contributed by atoms with Gasteiger partial charge in [-0.15, -0.1) is 0 Å². The van der Waals surface area contributed by atoms with Gasteiger partial charge in [0.1, 0.15) is 16.4 Å². The van der Waals surface area contributed by atoms with Gasteiger partial charge in [0.05, 0.1) is 7.11 Å². The highest BCUT2D eigenvalue weighted by atomic mass is 32.2. The van der Waals surface area contributed by atoms with Gasteiger partial charge in [0.2, 0.25) is 0 Å². The number of anilines is 1. The lowest BCUT2D eigenvalue weighted by molar-refractivity contribution is 0.236. The minimum absolute atomic E-state index is 0.0459. The number of hydrogen-bond acceptors (Lipinski definition) is 4. The van der Waals surface area contributed by atoms with Crippen LogP contribution < -0.4 is 15.2 Å². The average Bonchev–Trinajstić information content (AvgIpc) is 2.28. The molecule has 0 spiro atoms. The Hall–Kier alpha value is -1.48. The molecule has 0 unspecified atom stereocenters. The highest BCUT2D eigenvalue weighted by molar-refractivity contribution is 7.93. The lowest BCUT2D eigenvalue weighted by Crippen LogP contribution is -2.23. The summed E-state index contributed by atoms with van der Waals surface area (Å²) >= 11 is 4.71. The fourth-order valence-electron chi connectivity index (χ4n) is 1.20. The van der Waals surface area contributed by atoms with Crippen molar-refractivity contribution in [3.63, 3.8) is 0 Å². The summed E-state index contributed by atoms with van der Waals surface area (Å²) < 4.78 is 53.5. The first-order valence-corrected chi connectivity index (χ1v) is 6.51. The van der Waals surface area contributed by atoms with Gasteiger partial charge in [0, 0.05) is 5.56 Å². The zero-order chi connectivity index (χ0) is 13.9. The molecule has 0 saturated carbocycles. The molecule has 0 aliphatic rings. The SMILES string of the molecule is COc1cccc(C(N)=S)c1NS(=O)(=O)C(F)F. The molecule has 5 nitrogen and oxygen atoms in total. The Labute approximate surface area is 108 Å². The summed E-state index contributed by atoms with van der Waals surface area (Å²) in [6.07, 6.45) is 0. The second-order valence-corrected chi connectivity index (χ2v) is 5.25. The predicted octanol–water partition coefficient (Wildman–Crippen LogP) is 1.29. The molecule has 9 heteroatoms. The van der Waals surface area contributed by atoms with Crippen LogP contribution in [0.3, 0.4) is 0 Å². The van der Waals surface area contributed by atoms with E-state index in [0.29, 0.717) is 0 Å². The molecule has 0 radical (unpaired) electrons. The molecular formula is C9H10F2N2O3S2. The van der Waals surface area contributed by atoms with Crippen molar-refractivity contribution < 1.29 is 21.9 Å². The van der Waals surface area contributed by atoms with E-state index in [1.165, 1.54) is 25.3 Å². The van der Waals surface area contributed by atoms with E-state index in [0.717, 1.165) is 0 Å². The minimum Gasteiger partial charge on any atom is -0.495 e. The maximum Gasteiger partial charge on any atom is 0.355 e. The van der Waals surface area contributed by atoms with E-state index < -0.39 is 15.8 Å². The van der Waals surface area contributed by atoms with Crippen molar-refractivity contribution >= 4 is 32.9 Å². The first kappa shape index (κ1) is 14.6. The monoisotopic (exact) mass is 296 g/mol. The van der Waals surface area contributed by atoms with Crippen LogP contribution in [0.4, 0.5) is 14.5 Å². The lowest BCUT2D eigenvalue weighted by Gasteiger charge is -2.14. The second-order valence-electron chi connectivity index (χ2n) is 3.15. The van der Waals surface area contributed by atoms with Crippen LogP contribution in [-0.4, -0.2) is 26.3 Å². The number of thiocarbonyl (C=S) groups is 1. The highest BCUT2D eigenvalue weighted by Gasteiger charge is 2.26. The van der Waals surface area contributed by atoms with Crippen molar-refractivity contribution in [3.05, 3.63) is 23.8 Å². The molecule has 100 valence electrons. The molecule has 0 saturated heterocycles. The number of ether oxygens (including phenoxy) is 1. The van der Waals surface area contributed by atoms with Crippen molar-refractivity contribution in [1.82, 2.24) is 0 Å². The quantitative estimate of drug-likeness (QED) is 0.800. The van der Waals surface area contributed by atoms with Crippen molar-refractivity contribution in [3.8, 4) is 5.75 Å². The molecular weight excluding hydrogens is 286 g/mol. The van der Waals surface area contributed by atoms with E-state index in [1.807, 2.05) is 0 Å². The molecule has 0 aromatic heterocycles. The van der Waals surface area contributed by atoms with Gasteiger partial charge in [-0.1, -0.05) is 18.3 Å². The molecule has 3 N–H and O–H groups in total. The van der Waals surface area contributed by atoms with E-state index in [2.05, 4.69) is 0 Å². The third kappa shape index (κ3) is 3.05. The highest BCUT2D eigenvalue weighted by Crippen LogP contribution is 2.30. The fourth-order valence-corrected chi connectivity index (χ4v) is 1.95. The van der Waals surface area contributed by atoms with Crippen LogP contribution in [0.5, 0.6) is 5.75 Å². The van der Waals surface area contributed by atoms with E-state index in [-0.39, 0.29) is 22.0 Å². The Morgan fingerprint density at radius 3 is 2.56 bits per heavy atom. The van der Waals surface area contributed by atoms with Crippen molar-refractivity contribution in [2.24, 2.45) is 5.73 Å². The summed E-state index contributed by atoms with van der Waals surface area (Å²) in [5, 5.41) is 0. The molecule has 1 aromatic carbocycles. The van der Waals surface area contributed by atoms with Gasteiger partial charge in [-0.25, -0.2) is 8.42 Å². The van der Waals surface area contributed by atoms with E-state index in [9.17, 15) is 17.2 Å². The Balaban J connectivity index is 3.34. The summed E-state index contributed by atoms with van der Waals surface area (Å²) in [7, 11) is -3.56. The number of nitrogens with one attached hydrogen (secondary N) is 1. The first-order valence-electron chi connectivity index (χ1n) is 4.56. The topological polar surface area (TPSA) is 81.4 Å². The van der Waals surface area contributed by atoms with Gasteiger partial charge in [-0.05, 0) is 12.1 Å². The molecule has 0 amide bonds. The number of rotatable bonds is 5. The number of halogens is 2. The Morgan fingerprint density at radius 2 is 2.11 bits per heavy atom. The second kappa shape index (κ2) is 5.44. The Kier molecular flexibility index (Phi) is 4.41. The summed E-state index contributed by atoms with van der Waals surface area (Å²) in [5.74, 6) is -3.52. The van der Waals surface area contributed by atoms with Gasteiger partial charge in [0.15, 0.2) is 0 Å². The largest absolute Gasteiger partial charge is 0.495 e. The van der Waals surface area contributed by atoms with Crippen LogP contribution in [0.1, 0.15) is 5.56 Å². The maximum atomic E-state index is 12.3. The average molecular weight is 296 g/mol. The normalized spacial score (nSPS) is 11.3. The summed E-state index contributed by atoms with van der Waals surface area (Å²) in [6, 6.07) is 4.30. The third-order valence-electron chi connectivity index (χ3n) is 1.99.